The molecule has 0 radical (unpaired) electrons. The van der Waals surface area contributed by atoms with Gasteiger partial charge in [-0.3, -0.25) is 19.9 Å². The molecular weight excluding hydrogens is 196 g/mol. The number of nitro benzene ring substituents is 1. The number of pyridine rings is 1. The minimum absolute atomic E-state index is 0.0699. The van der Waals surface area contributed by atoms with Gasteiger partial charge in [0.25, 0.3) is 5.69 Å². The average Bonchev–Trinajstić information content (AvgIpc) is 2.27. The number of nitrogens with zero attached hydrogens (tertiary/aromatic N) is 2. The summed E-state index contributed by atoms with van der Waals surface area (Å²) in [6, 6.07) is 6.17. The highest BCUT2D eigenvalue weighted by Gasteiger charge is 2.17. The van der Waals surface area contributed by atoms with Crippen molar-refractivity contribution in [2.45, 2.75) is 0 Å². The predicted molar refractivity (Wildman–Crippen MR) is 53.8 cm³/mol. The zero-order chi connectivity index (χ0) is 10.8. The Morgan fingerprint density at radius 2 is 2.13 bits per heavy atom. The molecule has 5 heteroatoms. The van der Waals surface area contributed by atoms with E-state index in [2.05, 4.69) is 4.98 Å². The highest BCUT2D eigenvalue weighted by Crippen LogP contribution is 2.26. The van der Waals surface area contributed by atoms with Gasteiger partial charge in [-0.2, -0.15) is 0 Å². The summed E-state index contributed by atoms with van der Waals surface area (Å²) in [4.78, 5) is 24.9. The molecule has 0 atom stereocenters. The first kappa shape index (κ1) is 9.26. The largest absolute Gasteiger partial charge is 0.298 e. The van der Waals surface area contributed by atoms with Crippen LogP contribution in [0.2, 0.25) is 0 Å². The number of hydrogen-bond donors (Lipinski definition) is 0. The third-order valence-electron chi connectivity index (χ3n) is 2.10. The molecule has 0 aliphatic heterocycles. The number of carbonyl (C=O) groups excluding carboxylic acids is 1. The Kier molecular flexibility index (Phi) is 2.13. The lowest BCUT2D eigenvalue weighted by atomic mass is 10.1. The van der Waals surface area contributed by atoms with Crippen LogP contribution in [0.3, 0.4) is 0 Å². The second-order valence-corrected chi connectivity index (χ2v) is 2.95. The molecule has 0 aliphatic carbocycles. The maximum Gasteiger partial charge on any atom is 0.289 e. The highest BCUT2D eigenvalue weighted by atomic mass is 16.6. The van der Waals surface area contributed by atoms with E-state index in [1.807, 2.05) is 0 Å². The van der Waals surface area contributed by atoms with E-state index in [-0.39, 0.29) is 11.3 Å². The summed E-state index contributed by atoms with van der Waals surface area (Å²) in [5.74, 6) is 0. The number of hydrogen-bond acceptors (Lipinski definition) is 4. The summed E-state index contributed by atoms with van der Waals surface area (Å²) >= 11 is 0. The fourth-order valence-corrected chi connectivity index (χ4v) is 1.45. The van der Waals surface area contributed by atoms with Crippen molar-refractivity contribution in [3.05, 3.63) is 46.1 Å². The third kappa shape index (κ3) is 1.43. The average molecular weight is 202 g/mol. The molecule has 0 saturated carbocycles. The first-order chi connectivity index (χ1) is 7.24. The number of nitro groups is 1. The van der Waals surface area contributed by atoms with Crippen LogP contribution >= 0.6 is 0 Å². The predicted octanol–water partition coefficient (Wildman–Crippen LogP) is 1.96. The number of fused-ring (bicyclic) bond motifs is 1. The smallest absolute Gasteiger partial charge is 0.289 e. The Hall–Kier alpha value is -2.30. The summed E-state index contributed by atoms with van der Waals surface area (Å²) in [5, 5.41) is 11.2. The van der Waals surface area contributed by atoms with Crippen LogP contribution in [0.4, 0.5) is 5.69 Å². The number of benzene rings is 1. The molecule has 0 unspecified atom stereocenters. The second-order valence-electron chi connectivity index (χ2n) is 2.95. The molecule has 1 aromatic heterocycles. The van der Waals surface area contributed by atoms with Crippen LogP contribution in [-0.4, -0.2) is 16.2 Å². The van der Waals surface area contributed by atoms with Gasteiger partial charge in [0, 0.05) is 6.20 Å². The van der Waals surface area contributed by atoms with Crippen molar-refractivity contribution in [2.24, 2.45) is 0 Å². The maximum atomic E-state index is 10.8. The summed E-state index contributed by atoms with van der Waals surface area (Å²) in [5.41, 5.74) is 0.394. The van der Waals surface area contributed by atoms with Crippen LogP contribution in [-0.2, 0) is 0 Å². The van der Waals surface area contributed by atoms with Crippen molar-refractivity contribution in [1.82, 2.24) is 4.98 Å². The first-order valence-electron chi connectivity index (χ1n) is 4.21. The number of rotatable bonds is 2. The van der Waals surface area contributed by atoms with Crippen molar-refractivity contribution in [3.8, 4) is 0 Å². The van der Waals surface area contributed by atoms with Gasteiger partial charge < -0.3 is 0 Å². The lowest BCUT2D eigenvalue weighted by molar-refractivity contribution is -0.383. The van der Waals surface area contributed by atoms with Gasteiger partial charge in [-0.15, -0.1) is 0 Å². The Morgan fingerprint density at radius 3 is 2.80 bits per heavy atom. The Balaban J connectivity index is 2.90. The molecule has 74 valence electrons. The topological polar surface area (TPSA) is 73.1 Å². The summed E-state index contributed by atoms with van der Waals surface area (Å²) in [7, 11) is 0. The van der Waals surface area contributed by atoms with Gasteiger partial charge in [0.05, 0.1) is 21.4 Å². The fourth-order valence-electron chi connectivity index (χ4n) is 1.45. The van der Waals surface area contributed by atoms with Crippen LogP contribution in [0.15, 0.2) is 30.5 Å². The van der Waals surface area contributed by atoms with Crippen molar-refractivity contribution in [2.75, 3.05) is 0 Å². The molecule has 0 spiro atoms. The summed E-state index contributed by atoms with van der Waals surface area (Å²) in [6.45, 7) is 0. The maximum absolute atomic E-state index is 10.8. The quantitative estimate of drug-likeness (QED) is 0.424. The van der Waals surface area contributed by atoms with E-state index < -0.39 is 4.92 Å². The van der Waals surface area contributed by atoms with Gasteiger partial charge in [-0.1, -0.05) is 0 Å². The zero-order valence-electron chi connectivity index (χ0n) is 7.58. The van der Waals surface area contributed by atoms with E-state index in [0.29, 0.717) is 17.2 Å². The molecule has 1 aromatic carbocycles. The second kappa shape index (κ2) is 3.45. The molecule has 0 aliphatic rings. The normalized spacial score (nSPS) is 10.1. The molecule has 0 saturated heterocycles. The molecule has 0 bridgehead atoms. The lowest BCUT2D eigenvalue weighted by Crippen LogP contribution is -1.96. The third-order valence-corrected chi connectivity index (χ3v) is 2.10. The van der Waals surface area contributed by atoms with Gasteiger partial charge in [-0.05, 0) is 24.3 Å². The van der Waals surface area contributed by atoms with Gasteiger partial charge >= 0.3 is 0 Å². The molecule has 1 heterocycles. The first-order valence-corrected chi connectivity index (χ1v) is 4.21. The fraction of sp³-hybridized carbons (Fsp3) is 0. The highest BCUT2D eigenvalue weighted by molar-refractivity contribution is 5.97. The summed E-state index contributed by atoms with van der Waals surface area (Å²) < 4.78 is 0. The monoisotopic (exact) mass is 202 g/mol. The van der Waals surface area contributed by atoms with E-state index in [4.69, 9.17) is 0 Å². The Bertz CT molecular complexity index is 551. The number of aromatic nitrogens is 1. The van der Waals surface area contributed by atoms with Crippen LogP contribution in [0.25, 0.3) is 10.9 Å². The Labute approximate surface area is 84.5 Å². The molecule has 0 N–H and O–H groups in total. The molecule has 0 amide bonds. The van der Waals surface area contributed by atoms with Crippen molar-refractivity contribution >= 4 is 22.9 Å². The standard InChI is InChI=1S/C10H6N2O3/c13-6-7-3-4-9-8(2-1-5-11-9)10(7)12(14)15/h1-6H. The van der Waals surface area contributed by atoms with Gasteiger partial charge in [0.15, 0.2) is 6.29 Å². The van der Waals surface area contributed by atoms with Gasteiger partial charge in [0.2, 0.25) is 0 Å². The summed E-state index contributed by atoms with van der Waals surface area (Å²) in [6.07, 6.45) is 2.03. The minimum Gasteiger partial charge on any atom is -0.298 e. The van der Waals surface area contributed by atoms with E-state index in [1.54, 1.807) is 24.4 Å². The molecule has 2 aromatic rings. The molecule has 15 heavy (non-hydrogen) atoms. The SMILES string of the molecule is O=Cc1ccc2ncccc2c1[N+](=O)[O-]. The zero-order valence-corrected chi connectivity index (χ0v) is 7.58. The molecule has 0 fully saturated rings. The number of aldehydes is 1. The van der Waals surface area contributed by atoms with Gasteiger partial charge in [-0.25, -0.2) is 0 Å². The van der Waals surface area contributed by atoms with Crippen LogP contribution in [0.5, 0.6) is 0 Å². The van der Waals surface area contributed by atoms with Crippen LogP contribution in [0.1, 0.15) is 10.4 Å². The van der Waals surface area contributed by atoms with Gasteiger partial charge in [0.1, 0.15) is 0 Å². The van der Waals surface area contributed by atoms with E-state index >= 15 is 0 Å². The van der Waals surface area contributed by atoms with Crippen molar-refractivity contribution in [3.63, 3.8) is 0 Å². The van der Waals surface area contributed by atoms with Crippen LogP contribution in [0, 0.1) is 10.1 Å². The van der Waals surface area contributed by atoms with E-state index in [1.165, 1.54) is 6.07 Å². The van der Waals surface area contributed by atoms with E-state index in [0.717, 1.165) is 0 Å². The molecular formula is C10H6N2O3. The minimum atomic E-state index is -0.562. The van der Waals surface area contributed by atoms with Crippen molar-refractivity contribution < 1.29 is 9.72 Å². The molecule has 2 rings (SSSR count). The lowest BCUT2D eigenvalue weighted by Gasteiger charge is -2.00. The molecule has 5 nitrogen and oxygen atoms in total. The Morgan fingerprint density at radius 1 is 1.33 bits per heavy atom. The van der Waals surface area contributed by atoms with E-state index in [9.17, 15) is 14.9 Å². The number of carbonyl (C=O) groups is 1. The van der Waals surface area contributed by atoms with Crippen molar-refractivity contribution in [1.29, 1.82) is 0 Å². The van der Waals surface area contributed by atoms with Crippen LogP contribution < -0.4 is 0 Å².